The van der Waals surface area contributed by atoms with E-state index in [4.69, 9.17) is 18.9 Å². The molecule has 3 rings (SSSR count). The largest absolute Gasteiger partial charge is 0.482 e. The van der Waals surface area contributed by atoms with E-state index in [1.54, 1.807) is 0 Å². The minimum absolute atomic E-state index is 0.575. The number of rotatable bonds is 0. The van der Waals surface area contributed by atoms with Crippen LogP contribution in [-0.2, 0) is 0 Å². The molecule has 5 heteroatoms. The Balaban J connectivity index is 2.12. The number of hydrogen-bond acceptors (Lipinski definition) is 5. The fraction of sp³-hybridized carbons (Fsp3) is 0.500. The molecule has 0 spiro atoms. The minimum atomic E-state index is 0.575. The predicted octanol–water partition coefficient (Wildman–Crippen LogP) is 1.29. The number of fused-ring (bicyclic) bond motifs is 5. The van der Waals surface area contributed by atoms with Crippen LogP contribution in [0.3, 0.4) is 0 Å². The molecule has 1 aromatic heterocycles. The van der Waals surface area contributed by atoms with Crippen LogP contribution in [0.1, 0.15) is 0 Å². The summed E-state index contributed by atoms with van der Waals surface area (Å²) in [7, 11) is 0. The van der Waals surface area contributed by atoms with Crippen LogP contribution < -0.4 is 18.9 Å². The lowest BCUT2D eigenvalue weighted by atomic mass is 10.4. The molecule has 0 fully saturated rings. The van der Waals surface area contributed by atoms with Crippen molar-refractivity contribution in [3.63, 3.8) is 0 Å². The number of hydrogen-bond donors (Lipinski definition) is 0. The van der Waals surface area contributed by atoms with Crippen LogP contribution in [0.4, 0.5) is 0 Å². The lowest BCUT2D eigenvalue weighted by Gasteiger charge is -2.18. The van der Waals surface area contributed by atoms with Gasteiger partial charge in [0.25, 0.3) is 0 Å². The molecule has 2 aliphatic heterocycles. The molecular formula is C8H8O4S. The molecule has 13 heavy (non-hydrogen) atoms. The third kappa shape index (κ3) is 1.03. The van der Waals surface area contributed by atoms with Crippen molar-refractivity contribution in [2.75, 3.05) is 26.4 Å². The Morgan fingerprint density at radius 3 is 1.69 bits per heavy atom. The van der Waals surface area contributed by atoms with Gasteiger partial charge in [-0.25, -0.2) is 0 Å². The second-order valence-electron chi connectivity index (χ2n) is 2.73. The number of thiophene rings is 1. The summed E-state index contributed by atoms with van der Waals surface area (Å²) >= 11 is 1.44. The Bertz CT molecular complexity index is 303. The minimum Gasteiger partial charge on any atom is -0.482 e. The van der Waals surface area contributed by atoms with E-state index in [9.17, 15) is 0 Å². The molecule has 0 saturated carbocycles. The van der Waals surface area contributed by atoms with Crippen molar-refractivity contribution in [1.82, 2.24) is 0 Å². The maximum Gasteiger partial charge on any atom is 0.224 e. The first-order chi connectivity index (χ1) is 6.45. The molecule has 0 atom stereocenters. The van der Waals surface area contributed by atoms with Crippen LogP contribution in [0, 0.1) is 0 Å². The topological polar surface area (TPSA) is 36.9 Å². The summed E-state index contributed by atoms with van der Waals surface area (Å²) in [6, 6.07) is 0. The fourth-order valence-corrected chi connectivity index (χ4v) is 2.30. The van der Waals surface area contributed by atoms with Crippen molar-refractivity contribution in [3.8, 4) is 21.6 Å². The van der Waals surface area contributed by atoms with Gasteiger partial charge in [0, 0.05) is 0 Å². The van der Waals surface area contributed by atoms with Gasteiger partial charge in [0.05, 0.1) is 0 Å². The first kappa shape index (κ1) is 7.32. The van der Waals surface area contributed by atoms with E-state index in [0.29, 0.717) is 37.9 Å². The number of ether oxygens (including phenoxy) is 4. The van der Waals surface area contributed by atoms with Gasteiger partial charge in [-0.3, -0.25) is 0 Å². The summed E-state index contributed by atoms with van der Waals surface area (Å²) in [5.41, 5.74) is 0. The molecule has 2 bridgehead atoms. The highest BCUT2D eigenvalue weighted by Crippen LogP contribution is 2.54. The summed E-state index contributed by atoms with van der Waals surface area (Å²) in [4.78, 5) is 0. The first-order valence-electron chi connectivity index (χ1n) is 4.13. The summed E-state index contributed by atoms with van der Waals surface area (Å²) < 4.78 is 21.8. The molecule has 0 saturated heterocycles. The molecule has 0 aliphatic carbocycles. The zero-order valence-electron chi connectivity index (χ0n) is 6.87. The fourth-order valence-electron chi connectivity index (χ4n) is 1.36. The van der Waals surface area contributed by atoms with Gasteiger partial charge in [-0.15, -0.1) is 0 Å². The van der Waals surface area contributed by atoms with E-state index < -0.39 is 0 Å². The second kappa shape index (κ2) is 2.70. The van der Waals surface area contributed by atoms with Crippen molar-refractivity contribution in [3.05, 3.63) is 0 Å². The van der Waals surface area contributed by atoms with Crippen LogP contribution in [0.25, 0.3) is 0 Å². The lowest BCUT2D eigenvalue weighted by molar-refractivity contribution is 0.143. The average molecular weight is 200 g/mol. The zero-order chi connectivity index (χ0) is 8.67. The Hall–Kier alpha value is -1.10. The summed E-state index contributed by atoms with van der Waals surface area (Å²) in [5, 5.41) is 1.56. The third-order valence-electron chi connectivity index (χ3n) is 1.89. The van der Waals surface area contributed by atoms with E-state index in [2.05, 4.69) is 0 Å². The first-order valence-corrected chi connectivity index (χ1v) is 4.95. The summed E-state index contributed by atoms with van der Waals surface area (Å²) in [5.74, 6) is 1.43. The van der Waals surface area contributed by atoms with Crippen LogP contribution in [-0.4, -0.2) is 26.4 Å². The highest BCUT2D eigenvalue weighted by atomic mass is 32.1. The molecule has 0 radical (unpaired) electrons. The van der Waals surface area contributed by atoms with E-state index in [1.165, 1.54) is 11.3 Å². The second-order valence-corrected chi connectivity index (χ2v) is 3.67. The van der Waals surface area contributed by atoms with Gasteiger partial charge < -0.3 is 18.9 Å². The van der Waals surface area contributed by atoms with Gasteiger partial charge in [-0.2, -0.15) is 0 Å². The molecule has 0 unspecified atom stereocenters. The molecule has 1 aromatic rings. The van der Waals surface area contributed by atoms with Crippen molar-refractivity contribution in [2.24, 2.45) is 0 Å². The summed E-state index contributed by atoms with van der Waals surface area (Å²) in [6.07, 6.45) is 0. The maximum atomic E-state index is 5.44. The molecular weight excluding hydrogens is 192 g/mol. The molecule has 4 nitrogen and oxygen atoms in total. The van der Waals surface area contributed by atoms with Gasteiger partial charge in [0.2, 0.25) is 21.6 Å². The SMILES string of the molecule is C1COc2sc(c3c2OCCO3)O1. The van der Waals surface area contributed by atoms with Crippen LogP contribution in [0.2, 0.25) is 0 Å². The molecule has 0 aromatic carbocycles. The third-order valence-corrected chi connectivity index (χ3v) is 2.87. The molecule has 0 N–H and O–H groups in total. The van der Waals surface area contributed by atoms with Crippen molar-refractivity contribution < 1.29 is 18.9 Å². The highest BCUT2D eigenvalue weighted by molar-refractivity contribution is 7.16. The van der Waals surface area contributed by atoms with Gasteiger partial charge >= 0.3 is 0 Å². The maximum absolute atomic E-state index is 5.44. The van der Waals surface area contributed by atoms with Gasteiger partial charge in [-0.05, 0) is 0 Å². The van der Waals surface area contributed by atoms with Gasteiger partial charge in [0.1, 0.15) is 26.4 Å². The Morgan fingerprint density at radius 1 is 0.692 bits per heavy atom. The molecule has 0 amide bonds. The van der Waals surface area contributed by atoms with E-state index in [-0.39, 0.29) is 0 Å². The van der Waals surface area contributed by atoms with Crippen LogP contribution >= 0.6 is 11.3 Å². The predicted molar refractivity (Wildman–Crippen MR) is 46.3 cm³/mol. The quantitative estimate of drug-likeness (QED) is 0.632. The lowest BCUT2D eigenvalue weighted by Crippen LogP contribution is -2.17. The monoisotopic (exact) mass is 200 g/mol. The molecule has 2 aliphatic rings. The van der Waals surface area contributed by atoms with Crippen molar-refractivity contribution in [2.45, 2.75) is 0 Å². The van der Waals surface area contributed by atoms with Crippen molar-refractivity contribution >= 4 is 11.3 Å². The van der Waals surface area contributed by atoms with Crippen LogP contribution in [0.5, 0.6) is 21.6 Å². The Morgan fingerprint density at radius 2 is 1.15 bits per heavy atom. The Labute approximate surface area is 79.0 Å². The van der Waals surface area contributed by atoms with Gasteiger partial charge in [0.15, 0.2) is 0 Å². The molecule has 3 heterocycles. The smallest absolute Gasteiger partial charge is 0.224 e. The van der Waals surface area contributed by atoms with Crippen LogP contribution in [0.15, 0.2) is 0 Å². The average Bonchev–Trinajstić information content (AvgIpc) is 2.35. The highest BCUT2D eigenvalue weighted by Gasteiger charge is 2.28. The molecule has 70 valence electrons. The van der Waals surface area contributed by atoms with Crippen molar-refractivity contribution in [1.29, 1.82) is 0 Å². The zero-order valence-corrected chi connectivity index (χ0v) is 7.69. The van der Waals surface area contributed by atoms with E-state index >= 15 is 0 Å². The van der Waals surface area contributed by atoms with Gasteiger partial charge in [-0.1, -0.05) is 11.3 Å². The standard InChI is InChI=1S/C8H8O4S/c1-2-10-6-5(9-1)7-11-3-4-12-8(6)13-7/h1-4H2. The van der Waals surface area contributed by atoms with E-state index in [1.807, 2.05) is 0 Å². The normalized spacial score (nSPS) is 18.5. The Kier molecular flexibility index (Phi) is 1.52. The van der Waals surface area contributed by atoms with E-state index in [0.717, 1.165) is 10.1 Å². The summed E-state index contributed by atoms with van der Waals surface area (Å²) in [6.45, 7) is 2.32.